The summed E-state index contributed by atoms with van der Waals surface area (Å²) < 4.78 is 0. The largest absolute Gasteiger partial charge is 0.409 e. The van der Waals surface area contributed by atoms with E-state index >= 15 is 0 Å². The minimum absolute atomic E-state index is 0.181. The average molecular weight is 293 g/mol. The zero-order valence-corrected chi connectivity index (χ0v) is 11.9. The molecule has 1 heterocycles. The second kappa shape index (κ2) is 6.38. The first-order valence-corrected chi connectivity index (χ1v) is 6.86. The number of amidine groups is 1. The van der Waals surface area contributed by atoms with Crippen LogP contribution < -0.4 is 10.6 Å². The van der Waals surface area contributed by atoms with Crippen LogP contribution in [-0.2, 0) is 0 Å². The molecule has 1 saturated carbocycles. The van der Waals surface area contributed by atoms with Crippen LogP contribution in [0.4, 0.5) is 11.5 Å². The van der Waals surface area contributed by atoms with E-state index in [9.17, 15) is 10.1 Å². The number of rotatable bonds is 5. The third-order valence-corrected chi connectivity index (χ3v) is 3.82. The van der Waals surface area contributed by atoms with Crippen LogP contribution in [0.1, 0.15) is 31.2 Å². The van der Waals surface area contributed by atoms with Crippen molar-refractivity contribution in [1.82, 2.24) is 4.98 Å². The number of oxime groups is 1. The molecule has 0 bridgehead atoms. The number of anilines is 1. The summed E-state index contributed by atoms with van der Waals surface area (Å²) in [4.78, 5) is 16.3. The maximum Gasteiger partial charge on any atom is 0.288 e. The van der Waals surface area contributed by atoms with Gasteiger partial charge in [-0.3, -0.25) is 10.1 Å². The molecule has 0 amide bonds. The van der Waals surface area contributed by atoms with Crippen LogP contribution in [0.25, 0.3) is 0 Å². The summed E-state index contributed by atoms with van der Waals surface area (Å²) in [6.07, 6.45) is 6.01. The van der Waals surface area contributed by atoms with Crippen LogP contribution in [-0.4, -0.2) is 34.5 Å². The number of pyridine rings is 1. The van der Waals surface area contributed by atoms with Gasteiger partial charge in [-0.15, -0.1) is 0 Å². The lowest BCUT2D eigenvalue weighted by Gasteiger charge is -2.23. The second-order valence-corrected chi connectivity index (χ2v) is 5.34. The van der Waals surface area contributed by atoms with Crippen LogP contribution in [0.3, 0.4) is 0 Å². The van der Waals surface area contributed by atoms with Gasteiger partial charge < -0.3 is 15.8 Å². The van der Waals surface area contributed by atoms with Crippen molar-refractivity contribution >= 4 is 17.3 Å². The molecule has 1 aromatic heterocycles. The number of nitrogens with zero attached hydrogens (tertiary/aromatic N) is 4. The Morgan fingerprint density at radius 1 is 1.62 bits per heavy atom. The van der Waals surface area contributed by atoms with Crippen LogP contribution in [0.2, 0.25) is 0 Å². The van der Waals surface area contributed by atoms with Gasteiger partial charge in [-0.05, 0) is 18.8 Å². The average Bonchev–Trinajstić information content (AvgIpc) is 2.98. The lowest BCUT2D eigenvalue weighted by Crippen LogP contribution is -2.28. The van der Waals surface area contributed by atoms with Gasteiger partial charge in [0, 0.05) is 19.7 Å². The summed E-state index contributed by atoms with van der Waals surface area (Å²) in [7, 11) is 1.86. The molecule has 1 aliphatic carbocycles. The Labute approximate surface area is 122 Å². The Kier molecular flexibility index (Phi) is 4.56. The molecule has 1 aliphatic rings. The molecule has 0 unspecified atom stereocenters. The SMILES string of the molecule is CN(CC1CCCC1)c1ncc([N+](=O)[O-])cc1C(N)=NO. The summed E-state index contributed by atoms with van der Waals surface area (Å²) in [5.74, 6) is 0.898. The van der Waals surface area contributed by atoms with E-state index in [1.807, 2.05) is 11.9 Å². The molecule has 8 nitrogen and oxygen atoms in total. The molecule has 3 N–H and O–H groups in total. The molecular formula is C13H19N5O3. The molecule has 0 atom stereocenters. The lowest BCUT2D eigenvalue weighted by molar-refractivity contribution is -0.385. The minimum atomic E-state index is -0.554. The molecule has 0 radical (unpaired) electrons. The van der Waals surface area contributed by atoms with Gasteiger partial charge in [0.1, 0.15) is 12.0 Å². The molecule has 0 aliphatic heterocycles. The summed E-state index contributed by atoms with van der Waals surface area (Å²) in [6, 6.07) is 1.28. The van der Waals surface area contributed by atoms with Crippen molar-refractivity contribution < 1.29 is 10.1 Å². The predicted molar refractivity (Wildman–Crippen MR) is 78.6 cm³/mol. The molecule has 8 heteroatoms. The van der Waals surface area contributed by atoms with Crippen LogP contribution >= 0.6 is 0 Å². The maximum atomic E-state index is 10.8. The number of hydrogen-bond donors (Lipinski definition) is 2. The van der Waals surface area contributed by atoms with Gasteiger partial charge in [0.05, 0.1) is 10.5 Å². The van der Waals surface area contributed by atoms with E-state index in [2.05, 4.69) is 10.1 Å². The van der Waals surface area contributed by atoms with E-state index in [0.717, 1.165) is 6.54 Å². The first-order chi connectivity index (χ1) is 10.0. The molecule has 2 rings (SSSR count). The Hall–Kier alpha value is -2.38. The third-order valence-electron chi connectivity index (χ3n) is 3.82. The number of nitro groups is 1. The Morgan fingerprint density at radius 3 is 2.86 bits per heavy atom. The Balaban J connectivity index is 2.30. The van der Waals surface area contributed by atoms with Crippen LogP contribution in [0, 0.1) is 16.0 Å². The maximum absolute atomic E-state index is 10.8. The van der Waals surface area contributed by atoms with E-state index in [1.165, 1.54) is 37.9 Å². The van der Waals surface area contributed by atoms with E-state index < -0.39 is 4.92 Å². The Morgan fingerprint density at radius 2 is 2.29 bits per heavy atom. The van der Waals surface area contributed by atoms with Crippen molar-refractivity contribution in [2.24, 2.45) is 16.8 Å². The van der Waals surface area contributed by atoms with E-state index in [-0.39, 0.29) is 17.1 Å². The first-order valence-electron chi connectivity index (χ1n) is 6.86. The van der Waals surface area contributed by atoms with Crippen molar-refractivity contribution in [3.63, 3.8) is 0 Å². The standard InChI is InChI=1S/C13H19N5O3/c1-17(8-9-4-2-3-5-9)13-11(12(14)16-19)6-10(7-15-13)18(20)21/h6-7,9,19H,2-5,8H2,1H3,(H2,14,16). The van der Waals surface area contributed by atoms with E-state index in [1.54, 1.807) is 0 Å². The van der Waals surface area contributed by atoms with Gasteiger partial charge in [-0.2, -0.15) is 0 Å². The quantitative estimate of drug-likeness (QED) is 0.280. The van der Waals surface area contributed by atoms with Crippen molar-refractivity contribution in [2.45, 2.75) is 25.7 Å². The van der Waals surface area contributed by atoms with E-state index in [0.29, 0.717) is 11.7 Å². The molecule has 1 aromatic rings. The molecular weight excluding hydrogens is 274 g/mol. The summed E-state index contributed by atoms with van der Waals surface area (Å²) >= 11 is 0. The molecule has 1 fully saturated rings. The third kappa shape index (κ3) is 3.39. The highest BCUT2D eigenvalue weighted by atomic mass is 16.6. The zero-order valence-electron chi connectivity index (χ0n) is 11.9. The number of nitrogens with two attached hydrogens (primary N) is 1. The van der Waals surface area contributed by atoms with Crippen LogP contribution in [0.5, 0.6) is 0 Å². The molecule has 0 aromatic carbocycles. The molecule has 0 saturated heterocycles. The lowest BCUT2D eigenvalue weighted by atomic mass is 10.1. The fraction of sp³-hybridized carbons (Fsp3) is 0.538. The van der Waals surface area contributed by atoms with Crippen LogP contribution in [0.15, 0.2) is 17.4 Å². The predicted octanol–water partition coefficient (Wildman–Crippen LogP) is 1.71. The summed E-state index contributed by atoms with van der Waals surface area (Å²) in [6.45, 7) is 0.802. The second-order valence-electron chi connectivity index (χ2n) is 5.34. The summed E-state index contributed by atoms with van der Waals surface area (Å²) in [5.41, 5.74) is 5.71. The smallest absolute Gasteiger partial charge is 0.288 e. The number of hydrogen-bond acceptors (Lipinski definition) is 6. The summed E-state index contributed by atoms with van der Waals surface area (Å²) in [5, 5.41) is 22.6. The number of aromatic nitrogens is 1. The Bertz CT molecular complexity index is 555. The normalized spacial score (nSPS) is 16.1. The van der Waals surface area contributed by atoms with Gasteiger partial charge in [-0.1, -0.05) is 18.0 Å². The first kappa shape index (κ1) is 15.0. The molecule has 21 heavy (non-hydrogen) atoms. The minimum Gasteiger partial charge on any atom is -0.409 e. The highest BCUT2D eigenvalue weighted by Crippen LogP contribution is 2.28. The van der Waals surface area contributed by atoms with Crippen molar-refractivity contribution in [3.8, 4) is 0 Å². The van der Waals surface area contributed by atoms with Gasteiger partial charge in [0.25, 0.3) is 5.69 Å². The molecule has 0 spiro atoms. The van der Waals surface area contributed by atoms with Gasteiger partial charge >= 0.3 is 0 Å². The van der Waals surface area contributed by atoms with Gasteiger partial charge in [-0.25, -0.2) is 4.98 Å². The topological polar surface area (TPSA) is 118 Å². The fourth-order valence-electron chi connectivity index (χ4n) is 2.76. The molecule has 114 valence electrons. The van der Waals surface area contributed by atoms with Crippen molar-refractivity contribution in [3.05, 3.63) is 27.9 Å². The van der Waals surface area contributed by atoms with Gasteiger partial charge in [0.2, 0.25) is 0 Å². The van der Waals surface area contributed by atoms with Gasteiger partial charge in [0.15, 0.2) is 5.84 Å². The van der Waals surface area contributed by atoms with Crippen molar-refractivity contribution in [1.29, 1.82) is 0 Å². The van der Waals surface area contributed by atoms with Crippen molar-refractivity contribution in [2.75, 3.05) is 18.5 Å². The zero-order chi connectivity index (χ0) is 15.4. The van der Waals surface area contributed by atoms with E-state index in [4.69, 9.17) is 10.9 Å². The highest BCUT2D eigenvalue weighted by molar-refractivity contribution is 6.01. The highest BCUT2D eigenvalue weighted by Gasteiger charge is 2.22. The monoisotopic (exact) mass is 293 g/mol. The fourth-order valence-corrected chi connectivity index (χ4v) is 2.76.